The van der Waals surface area contributed by atoms with Crippen LogP contribution in [0.5, 0.6) is 0 Å². The van der Waals surface area contributed by atoms with Crippen LogP contribution in [0.4, 0.5) is 11.4 Å². The maximum atomic E-state index is 13.5. The minimum Gasteiger partial charge on any atom is -0.372 e. The van der Waals surface area contributed by atoms with E-state index in [1.807, 2.05) is 84.9 Å². The zero-order chi connectivity index (χ0) is 21.8. The molecule has 3 aromatic rings. The standard InChI is InChI=1S/C26H24N2O2S/c1-3-27(4-2)20-15-17-21(18-16-20)28-25(29)23(19-11-7-5-8-12-19)24(26(28)30)31-22-13-9-6-10-14-22/h5-18H,3-4H2,1-2H3. The number of carbonyl (C=O) groups is 2. The van der Waals surface area contributed by atoms with Crippen molar-refractivity contribution in [1.29, 1.82) is 0 Å². The number of nitrogens with zero attached hydrogens (tertiary/aromatic N) is 2. The quantitative estimate of drug-likeness (QED) is 0.459. The molecule has 3 aromatic carbocycles. The summed E-state index contributed by atoms with van der Waals surface area (Å²) in [5.74, 6) is -0.571. The zero-order valence-corrected chi connectivity index (χ0v) is 18.4. The van der Waals surface area contributed by atoms with Crippen molar-refractivity contribution in [3.05, 3.63) is 95.4 Å². The van der Waals surface area contributed by atoms with E-state index in [4.69, 9.17) is 0 Å². The van der Waals surface area contributed by atoms with Crippen molar-refractivity contribution in [2.75, 3.05) is 22.9 Å². The van der Waals surface area contributed by atoms with Gasteiger partial charge in [0.2, 0.25) is 0 Å². The molecular formula is C26H24N2O2S. The van der Waals surface area contributed by atoms with Crippen LogP contribution in [-0.4, -0.2) is 24.9 Å². The fraction of sp³-hybridized carbons (Fsp3) is 0.154. The molecule has 0 N–H and O–H groups in total. The summed E-state index contributed by atoms with van der Waals surface area (Å²) < 4.78 is 0. The van der Waals surface area contributed by atoms with E-state index < -0.39 is 0 Å². The molecule has 0 bridgehead atoms. The van der Waals surface area contributed by atoms with E-state index in [0.717, 1.165) is 29.2 Å². The topological polar surface area (TPSA) is 40.6 Å². The van der Waals surface area contributed by atoms with Gasteiger partial charge in [-0.3, -0.25) is 9.59 Å². The van der Waals surface area contributed by atoms with Crippen LogP contribution in [0.15, 0.2) is 94.7 Å². The lowest BCUT2D eigenvalue weighted by molar-refractivity contribution is -0.119. The largest absolute Gasteiger partial charge is 0.372 e. The first-order valence-corrected chi connectivity index (χ1v) is 11.2. The van der Waals surface area contributed by atoms with Crippen LogP contribution in [0.1, 0.15) is 19.4 Å². The summed E-state index contributed by atoms with van der Waals surface area (Å²) in [5.41, 5.74) is 2.86. The molecule has 1 heterocycles. The minimum atomic E-state index is -0.287. The summed E-state index contributed by atoms with van der Waals surface area (Å²) in [7, 11) is 0. The van der Waals surface area contributed by atoms with Gasteiger partial charge in [-0.25, -0.2) is 4.90 Å². The van der Waals surface area contributed by atoms with Crippen LogP contribution in [0.2, 0.25) is 0 Å². The molecule has 4 nitrogen and oxygen atoms in total. The Bertz CT molecular complexity index is 1110. The third kappa shape index (κ3) is 4.14. The summed E-state index contributed by atoms with van der Waals surface area (Å²) in [6.45, 7) is 6.01. The molecule has 1 aliphatic rings. The number of carbonyl (C=O) groups excluding carboxylic acids is 2. The molecule has 2 amide bonds. The molecule has 0 unspecified atom stereocenters. The molecule has 0 atom stereocenters. The Kier molecular flexibility index (Phi) is 6.23. The average molecular weight is 429 g/mol. The van der Waals surface area contributed by atoms with Gasteiger partial charge in [-0.05, 0) is 55.8 Å². The fourth-order valence-corrected chi connectivity index (χ4v) is 4.72. The Morgan fingerprint density at radius 1 is 0.742 bits per heavy atom. The van der Waals surface area contributed by atoms with Crippen LogP contribution in [0.25, 0.3) is 5.57 Å². The normalized spacial score (nSPS) is 13.8. The van der Waals surface area contributed by atoms with Gasteiger partial charge in [-0.15, -0.1) is 0 Å². The van der Waals surface area contributed by atoms with Gasteiger partial charge in [0.25, 0.3) is 11.8 Å². The number of anilines is 2. The molecular weight excluding hydrogens is 404 g/mol. The summed E-state index contributed by atoms with van der Waals surface area (Å²) >= 11 is 1.34. The molecule has 0 radical (unpaired) electrons. The molecule has 5 heteroatoms. The Morgan fingerprint density at radius 2 is 1.32 bits per heavy atom. The number of benzene rings is 3. The van der Waals surface area contributed by atoms with Gasteiger partial charge in [-0.2, -0.15) is 0 Å². The van der Waals surface area contributed by atoms with E-state index >= 15 is 0 Å². The highest BCUT2D eigenvalue weighted by atomic mass is 32.2. The van der Waals surface area contributed by atoms with Crippen LogP contribution in [0, 0.1) is 0 Å². The van der Waals surface area contributed by atoms with E-state index in [2.05, 4.69) is 18.7 Å². The van der Waals surface area contributed by atoms with Gasteiger partial charge in [0, 0.05) is 23.7 Å². The van der Waals surface area contributed by atoms with E-state index in [-0.39, 0.29) is 11.8 Å². The number of thioether (sulfide) groups is 1. The molecule has 0 aromatic heterocycles. The molecule has 0 saturated carbocycles. The third-order valence-electron chi connectivity index (χ3n) is 5.30. The lowest BCUT2D eigenvalue weighted by atomic mass is 10.1. The second kappa shape index (κ2) is 9.23. The molecule has 31 heavy (non-hydrogen) atoms. The van der Waals surface area contributed by atoms with Crippen LogP contribution in [-0.2, 0) is 9.59 Å². The Balaban J connectivity index is 1.73. The third-order valence-corrected chi connectivity index (χ3v) is 6.39. The molecule has 156 valence electrons. The van der Waals surface area contributed by atoms with Gasteiger partial charge in [-0.1, -0.05) is 60.3 Å². The molecule has 0 saturated heterocycles. The van der Waals surface area contributed by atoms with Crippen molar-refractivity contribution in [3.8, 4) is 0 Å². The zero-order valence-electron chi connectivity index (χ0n) is 17.6. The highest BCUT2D eigenvalue weighted by Crippen LogP contribution is 2.41. The lowest BCUT2D eigenvalue weighted by Crippen LogP contribution is -2.31. The van der Waals surface area contributed by atoms with Crippen molar-refractivity contribution < 1.29 is 9.59 Å². The SMILES string of the molecule is CCN(CC)c1ccc(N2C(=O)C(Sc3ccccc3)=C(c3ccccc3)C2=O)cc1. The van der Waals surface area contributed by atoms with Gasteiger partial charge in [0.1, 0.15) is 0 Å². The number of hydrogen-bond donors (Lipinski definition) is 0. The maximum Gasteiger partial charge on any atom is 0.272 e. The van der Waals surface area contributed by atoms with Crippen molar-refractivity contribution in [2.45, 2.75) is 18.7 Å². The van der Waals surface area contributed by atoms with Crippen LogP contribution < -0.4 is 9.80 Å². The molecule has 0 spiro atoms. The summed E-state index contributed by atoms with van der Waals surface area (Å²) in [4.78, 5) is 31.8. The highest BCUT2D eigenvalue weighted by Gasteiger charge is 2.40. The lowest BCUT2D eigenvalue weighted by Gasteiger charge is -2.22. The van der Waals surface area contributed by atoms with Gasteiger partial charge in [0.15, 0.2) is 0 Å². The van der Waals surface area contributed by atoms with Gasteiger partial charge >= 0.3 is 0 Å². The van der Waals surface area contributed by atoms with Crippen LogP contribution in [0.3, 0.4) is 0 Å². The first-order chi connectivity index (χ1) is 15.1. The second-order valence-corrected chi connectivity index (χ2v) is 8.20. The van der Waals surface area contributed by atoms with Crippen molar-refractivity contribution >= 4 is 40.5 Å². The number of imide groups is 1. The summed E-state index contributed by atoms with van der Waals surface area (Å²) in [6, 6.07) is 26.7. The Morgan fingerprint density at radius 3 is 1.90 bits per heavy atom. The summed E-state index contributed by atoms with van der Waals surface area (Å²) in [6.07, 6.45) is 0. The van der Waals surface area contributed by atoms with E-state index in [1.165, 1.54) is 16.7 Å². The van der Waals surface area contributed by atoms with Crippen molar-refractivity contribution in [1.82, 2.24) is 0 Å². The first-order valence-electron chi connectivity index (χ1n) is 10.4. The number of hydrogen-bond acceptors (Lipinski definition) is 4. The van der Waals surface area contributed by atoms with E-state index in [1.54, 1.807) is 0 Å². The number of amides is 2. The number of rotatable bonds is 7. The van der Waals surface area contributed by atoms with E-state index in [9.17, 15) is 9.59 Å². The predicted molar refractivity (Wildman–Crippen MR) is 128 cm³/mol. The van der Waals surface area contributed by atoms with Crippen molar-refractivity contribution in [2.24, 2.45) is 0 Å². The maximum absolute atomic E-state index is 13.5. The van der Waals surface area contributed by atoms with Crippen molar-refractivity contribution in [3.63, 3.8) is 0 Å². The highest BCUT2D eigenvalue weighted by molar-refractivity contribution is 8.04. The average Bonchev–Trinajstić information content (AvgIpc) is 3.05. The minimum absolute atomic E-state index is 0.284. The molecule has 1 aliphatic heterocycles. The van der Waals surface area contributed by atoms with Gasteiger partial charge in [0.05, 0.1) is 16.2 Å². The monoisotopic (exact) mass is 428 g/mol. The van der Waals surface area contributed by atoms with Crippen LogP contribution >= 0.6 is 11.8 Å². The van der Waals surface area contributed by atoms with E-state index in [0.29, 0.717) is 16.2 Å². The smallest absolute Gasteiger partial charge is 0.272 e. The molecule has 4 rings (SSSR count). The Labute approximate surface area is 187 Å². The molecule has 0 aliphatic carbocycles. The fourth-order valence-electron chi connectivity index (χ4n) is 3.71. The summed E-state index contributed by atoms with van der Waals surface area (Å²) in [5, 5.41) is 0. The first kappa shape index (κ1) is 20.9. The molecule has 0 fully saturated rings. The Hall–Kier alpha value is -3.31. The van der Waals surface area contributed by atoms with Gasteiger partial charge < -0.3 is 4.90 Å². The second-order valence-electron chi connectivity index (χ2n) is 7.12. The predicted octanol–water partition coefficient (Wildman–Crippen LogP) is 5.61.